The van der Waals surface area contributed by atoms with Crippen molar-refractivity contribution in [3.05, 3.63) is 11.6 Å². The minimum atomic E-state index is -1.15. The lowest BCUT2D eigenvalue weighted by Crippen LogP contribution is -2.43. The molecule has 0 rings (SSSR count). The Morgan fingerprint density at radius 3 is 2.25 bits per heavy atom. The number of aliphatic carboxylic acids is 1. The number of hydrogen-bond acceptors (Lipinski definition) is 4. The first-order valence-electron chi connectivity index (χ1n) is 4.92. The quantitative estimate of drug-likeness (QED) is 0.560. The maximum absolute atomic E-state index is 11.4. The molecule has 0 aliphatic heterocycles. The highest BCUT2D eigenvalue weighted by atomic mass is 16.5. The molecule has 0 unspecified atom stereocenters. The van der Waals surface area contributed by atoms with Gasteiger partial charge < -0.3 is 14.7 Å². The first-order valence-corrected chi connectivity index (χ1v) is 4.92. The molecule has 92 valence electrons. The zero-order valence-electron chi connectivity index (χ0n) is 10.4. The normalized spacial score (nSPS) is 12.8. The predicted molar refractivity (Wildman–Crippen MR) is 60.1 cm³/mol. The average molecular weight is 229 g/mol. The summed E-state index contributed by atoms with van der Waals surface area (Å²) in [5.41, 5.74) is -0.193. The van der Waals surface area contributed by atoms with Crippen LogP contribution in [-0.2, 0) is 14.3 Å². The van der Waals surface area contributed by atoms with Crippen LogP contribution in [0.25, 0.3) is 0 Å². The predicted octanol–water partition coefficient (Wildman–Crippen LogP) is 0.901. The molecule has 1 N–H and O–H groups in total. The SMILES string of the molecule is C/C(=C\C(=O)O)C(=O)OCC(C)(C)N(C)C. The summed E-state index contributed by atoms with van der Waals surface area (Å²) >= 11 is 0. The maximum Gasteiger partial charge on any atom is 0.334 e. The molecule has 0 aliphatic rings. The smallest absolute Gasteiger partial charge is 0.334 e. The average Bonchev–Trinajstić information content (AvgIpc) is 2.12. The fourth-order valence-corrected chi connectivity index (χ4v) is 0.729. The molecule has 0 atom stereocenters. The van der Waals surface area contributed by atoms with E-state index in [0.29, 0.717) is 0 Å². The molecular formula is C11H19NO4. The van der Waals surface area contributed by atoms with Crippen molar-refractivity contribution in [1.29, 1.82) is 0 Å². The molecule has 0 radical (unpaired) electrons. The second-order valence-corrected chi connectivity index (χ2v) is 4.45. The Morgan fingerprint density at radius 2 is 1.88 bits per heavy atom. The third-order valence-electron chi connectivity index (χ3n) is 2.43. The number of carboxylic acid groups (broad SMARTS) is 1. The number of carbonyl (C=O) groups excluding carboxylic acids is 1. The Labute approximate surface area is 95.7 Å². The molecule has 0 saturated heterocycles. The second kappa shape index (κ2) is 5.65. The van der Waals surface area contributed by atoms with Crippen LogP contribution < -0.4 is 0 Å². The molecule has 0 bridgehead atoms. The van der Waals surface area contributed by atoms with E-state index in [4.69, 9.17) is 9.84 Å². The summed E-state index contributed by atoms with van der Waals surface area (Å²) in [6, 6.07) is 0. The van der Waals surface area contributed by atoms with E-state index < -0.39 is 11.9 Å². The van der Waals surface area contributed by atoms with Gasteiger partial charge in [-0.3, -0.25) is 0 Å². The summed E-state index contributed by atoms with van der Waals surface area (Å²) in [6.07, 6.45) is 0.838. The van der Waals surface area contributed by atoms with Gasteiger partial charge in [-0.15, -0.1) is 0 Å². The summed E-state index contributed by atoms with van der Waals surface area (Å²) in [5, 5.41) is 8.46. The Hall–Kier alpha value is -1.36. The molecule has 0 fully saturated rings. The molecular weight excluding hydrogens is 210 g/mol. The fourth-order valence-electron chi connectivity index (χ4n) is 0.729. The minimum absolute atomic E-state index is 0.0852. The molecule has 0 heterocycles. The van der Waals surface area contributed by atoms with E-state index >= 15 is 0 Å². The number of carbonyl (C=O) groups is 2. The zero-order chi connectivity index (χ0) is 12.9. The first kappa shape index (κ1) is 14.6. The lowest BCUT2D eigenvalue weighted by Gasteiger charge is -2.31. The van der Waals surface area contributed by atoms with Crippen LogP contribution >= 0.6 is 0 Å². The lowest BCUT2D eigenvalue weighted by molar-refractivity contribution is -0.143. The van der Waals surface area contributed by atoms with E-state index in [1.54, 1.807) is 0 Å². The van der Waals surface area contributed by atoms with Crippen LogP contribution in [0.1, 0.15) is 20.8 Å². The molecule has 0 saturated carbocycles. The van der Waals surface area contributed by atoms with E-state index in [2.05, 4.69) is 0 Å². The van der Waals surface area contributed by atoms with Crippen molar-refractivity contribution in [3.8, 4) is 0 Å². The summed E-state index contributed by atoms with van der Waals surface area (Å²) in [7, 11) is 3.77. The van der Waals surface area contributed by atoms with Gasteiger partial charge in [0, 0.05) is 17.2 Å². The molecule has 5 nitrogen and oxygen atoms in total. The van der Waals surface area contributed by atoms with E-state index in [9.17, 15) is 9.59 Å². The van der Waals surface area contributed by atoms with Crippen LogP contribution in [-0.4, -0.2) is 48.2 Å². The molecule has 0 aromatic carbocycles. The second-order valence-electron chi connectivity index (χ2n) is 4.45. The van der Waals surface area contributed by atoms with Crippen LogP contribution in [0.3, 0.4) is 0 Å². The Kier molecular flexibility index (Phi) is 5.17. The summed E-state index contributed by atoms with van der Waals surface area (Å²) in [6.45, 7) is 5.48. The van der Waals surface area contributed by atoms with Gasteiger partial charge in [0.15, 0.2) is 0 Å². The van der Waals surface area contributed by atoms with E-state index in [-0.39, 0.29) is 17.7 Å². The van der Waals surface area contributed by atoms with Gasteiger partial charge in [0.25, 0.3) is 0 Å². The standard InChI is InChI=1S/C11H19NO4/c1-8(6-9(13)14)10(15)16-7-11(2,3)12(4)5/h6H,7H2,1-5H3,(H,13,14)/b8-6+. The van der Waals surface area contributed by atoms with Gasteiger partial charge in [-0.25, -0.2) is 9.59 Å². The van der Waals surface area contributed by atoms with E-state index in [1.807, 2.05) is 32.8 Å². The highest BCUT2D eigenvalue weighted by Crippen LogP contribution is 2.11. The number of ether oxygens (including phenoxy) is 1. The largest absolute Gasteiger partial charge is 0.478 e. The van der Waals surface area contributed by atoms with Crippen LogP contribution in [0.4, 0.5) is 0 Å². The molecule has 0 aromatic heterocycles. The summed E-state index contributed by atoms with van der Waals surface area (Å²) in [4.78, 5) is 23.6. The monoisotopic (exact) mass is 229 g/mol. The van der Waals surface area contributed by atoms with Crippen molar-refractivity contribution in [2.75, 3.05) is 20.7 Å². The molecule has 0 spiro atoms. The number of hydrogen-bond donors (Lipinski definition) is 1. The zero-order valence-corrected chi connectivity index (χ0v) is 10.4. The molecule has 0 aromatic rings. The number of rotatable bonds is 5. The maximum atomic E-state index is 11.4. The Bertz CT molecular complexity index is 305. The van der Waals surface area contributed by atoms with Crippen molar-refractivity contribution in [1.82, 2.24) is 4.90 Å². The van der Waals surface area contributed by atoms with Crippen molar-refractivity contribution in [3.63, 3.8) is 0 Å². The van der Waals surface area contributed by atoms with Crippen molar-refractivity contribution >= 4 is 11.9 Å². The van der Waals surface area contributed by atoms with Crippen molar-refractivity contribution in [2.24, 2.45) is 0 Å². The lowest BCUT2D eigenvalue weighted by atomic mass is 10.1. The van der Waals surface area contributed by atoms with Gasteiger partial charge >= 0.3 is 11.9 Å². The summed E-state index contributed by atoms with van der Waals surface area (Å²) < 4.78 is 5.02. The number of esters is 1. The van der Waals surface area contributed by atoms with Crippen molar-refractivity contribution < 1.29 is 19.4 Å². The third-order valence-corrected chi connectivity index (χ3v) is 2.43. The van der Waals surface area contributed by atoms with E-state index in [1.165, 1.54) is 6.92 Å². The van der Waals surface area contributed by atoms with Gasteiger partial charge in [0.05, 0.1) is 0 Å². The summed E-state index contributed by atoms with van der Waals surface area (Å²) in [5.74, 6) is -1.75. The molecule has 5 heteroatoms. The highest BCUT2D eigenvalue weighted by molar-refractivity contribution is 5.95. The first-order chi connectivity index (χ1) is 7.16. The van der Waals surface area contributed by atoms with Crippen LogP contribution in [0.2, 0.25) is 0 Å². The third kappa shape index (κ3) is 4.93. The molecule has 0 amide bonds. The van der Waals surface area contributed by atoms with E-state index in [0.717, 1.165) is 6.08 Å². The number of nitrogens with zero attached hydrogens (tertiary/aromatic N) is 1. The fraction of sp³-hybridized carbons (Fsp3) is 0.636. The van der Waals surface area contributed by atoms with Crippen molar-refractivity contribution in [2.45, 2.75) is 26.3 Å². The van der Waals surface area contributed by atoms with Gasteiger partial charge in [-0.1, -0.05) is 0 Å². The Morgan fingerprint density at radius 1 is 1.38 bits per heavy atom. The van der Waals surface area contributed by atoms with Crippen LogP contribution in [0, 0.1) is 0 Å². The number of carboxylic acids is 1. The topological polar surface area (TPSA) is 66.8 Å². The van der Waals surface area contributed by atoms with Gasteiger partial charge in [0.1, 0.15) is 6.61 Å². The van der Waals surface area contributed by atoms with Crippen LogP contribution in [0.5, 0.6) is 0 Å². The van der Waals surface area contributed by atoms with Gasteiger partial charge in [-0.2, -0.15) is 0 Å². The van der Waals surface area contributed by atoms with Gasteiger partial charge in [0.2, 0.25) is 0 Å². The Balaban J connectivity index is 4.34. The minimum Gasteiger partial charge on any atom is -0.478 e. The highest BCUT2D eigenvalue weighted by Gasteiger charge is 2.23. The van der Waals surface area contributed by atoms with Crippen LogP contribution in [0.15, 0.2) is 11.6 Å². The molecule has 0 aliphatic carbocycles. The molecule has 16 heavy (non-hydrogen) atoms. The number of likely N-dealkylation sites (N-methyl/N-ethyl adjacent to an activating group) is 1. The van der Waals surface area contributed by atoms with Gasteiger partial charge in [-0.05, 0) is 34.9 Å².